The number of aromatic amines is 1. The van der Waals surface area contributed by atoms with Gasteiger partial charge in [-0.25, -0.2) is 5.48 Å². The third-order valence-corrected chi connectivity index (χ3v) is 4.85. The third kappa shape index (κ3) is 8.47. The molecular weight excluding hydrogens is 404 g/mol. The van der Waals surface area contributed by atoms with Crippen LogP contribution in [-0.2, 0) is 17.8 Å². The summed E-state index contributed by atoms with van der Waals surface area (Å²) in [6.07, 6.45) is 11.3. The second kappa shape index (κ2) is 13.9. The van der Waals surface area contributed by atoms with Crippen molar-refractivity contribution >= 4 is 22.9 Å². The summed E-state index contributed by atoms with van der Waals surface area (Å²) in [6.45, 7) is 6.12. The second-order valence-corrected chi connectivity index (χ2v) is 7.21. The number of pyridine rings is 1. The van der Waals surface area contributed by atoms with Gasteiger partial charge in [-0.05, 0) is 67.1 Å². The van der Waals surface area contributed by atoms with Crippen molar-refractivity contribution in [3.8, 4) is 0 Å². The molecule has 0 atom stereocenters. The number of hydroxylamine groups is 1. The molecule has 0 saturated heterocycles. The Hall–Kier alpha value is -3.26. The van der Waals surface area contributed by atoms with Gasteiger partial charge in [-0.1, -0.05) is 24.3 Å². The predicted octanol–water partition coefficient (Wildman–Crippen LogP) is 3.70. The lowest BCUT2D eigenvalue weighted by molar-refractivity contribution is -0.124. The molecule has 0 aliphatic heterocycles. The summed E-state index contributed by atoms with van der Waals surface area (Å²) in [5.41, 5.74) is 5.58. The molecule has 0 fully saturated rings. The van der Waals surface area contributed by atoms with Crippen molar-refractivity contribution in [2.24, 2.45) is 0 Å². The number of hydrogen-bond acceptors (Lipinski definition) is 5. The third-order valence-electron chi connectivity index (χ3n) is 4.85. The van der Waals surface area contributed by atoms with E-state index in [2.05, 4.69) is 39.1 Å². The highest BCUT2D eigenvalue weighted by atomic mass is 16.5. The van der Waals surface area contributed by atoms with Crippen molar-refractivity contribution < 1.29 is 15.1 Å². The molecule has 0 aliphatic rings. The lowest BCUT2D eigenvalue weighted by atomic mass is 10.1. The van der Waals surface area contributed by atoms with Gasteiger partial charge >= 0.3 is 0 Å². The first-order valence-electron chi connectivity index (χ1n) is 10.6. The first kappa shape index (κ1) is 25.0. The van der Waals surface area contributed by atoms with Gasteiger partial charge in [0, 0.05) is 43.6 Å². The van der Waals surface area contributed by atoms with Crippen molar-refractivity contribution in [1.82, 2.24) is 20.3 Å². The molecule has 1 aromatic carbocycles. The normalized spacial score (nSPS) is 11.3. The average molecular weight is 437 g/mol. The number of amides is 1. The van der Waals surface area contributed by atoms with Crippen molar-refractivity contribution in [2.75, 3.05) is 19.7 Å². The van der Waals surface area contributed by atoms with Crippen molar-refractivity contribution in [2.45, 2.75) is 26.8 Å². The van der Waals surface area contributed by atoms with Crippen LogP contribution in [0.4, 0.5) is 0 Å². The Labute approximate surface area is 189 Å². The van der Waals surface area contributed by atoms with Crippen LogP contribution in [0, 0.1) is 0 Å². The van der Waals surface area contributed by atoms with Crippen molar-refractivity contribution in [1.29, 1.82) is 0 Å². The van der Waals surface area contributed by atoms with E-state index in [-0.39, 0.29) is 6.61 Å². The first-order chi connectivity index (χ1) is 15.6. The van der Waals surface area contributed by atoms with Gasteiger partial charge in [0.25, 0.3) is 5.91 Å². The molecule has 0 unspecified atom stereocenters. The van der Waals surface area contributed by atoms with Crippen LogP contribution in [0.15, 0.2) is 67.0 Å². The number of aliphatic hydroxyl groups is 1. The molecule has 4 N–H and O–H groups in total. The van der Waals surface area contributed by atoms with E-state index in [0.29, 0.717) is 13.1 Å². The second-order valence-electron chi connectivity index (χ2n) is 7.21. The Bertz CT molecular complexity index is 1010. The van der Waals surface area contributed by atoms with Gasteiger partial charge in [0.1, 0.15) is 0 Å². The van der Waals surface area contributed by atoms with Gasteiger partial charge in [-0.2, -0.15) is 0 Å². The van der Waals surface area contributed by atoms with Gasteiger partial charge in [0.15, 0.2) is 0 Å². The number of rotatable bonds is 9. The van der Waals surface area contributed by atoms with Crippen LogP contribution in [0.25, 0.3) is 17.0 Å². The van der Waals surface area contributed by atoms with E-state index in [9.17, 15) is 9.90 Å². The number of allylic oxidation sites excluding steroid dienone is 2. The summed E-state index contributed by atoms with van der Waals surface area (Å²) in [5.74, 6) is -0.587. The van der Waals surface area contributed by atoms with Crippen LogP contribution in [-0.4, -0.2) is 50.8 Å². The molecule has 0 radical (unpaired) electrons. The first-order valence-corrected chi connectivity index (χ1v) is 10.6. The standard InChI is InChI=1S/C21H24N4O3.C4H8/c26-12-11-25(10-8-16-2-5-20-18(13-16)7-9-22-20)15-19-4-1-17(14-23-19)3-6-21(27)24-28;1-3-4-2/h1-7,9,13-14,22,26,28H,8,10-12,15H2,(H,24,27);3-4H,1-2H3/b6-3+;4-3-. The van der Waals surface area contributed by atoms with Crippen LogP contribution in [0.2, 0.25) is 0 Å². The largest absolute Gasteiger partial charge is 0.395 e. The van der Waals surface area contributed by atoms with E-state index in [0.717, 1.165) is 29.7 Å². The maximum absolute atomic E-state index is 11.0. The zero-order valence-corrected chi connectivity index (χ0v) is 18.7. The number of benzene rings is 1. The fourth-order valence-corrected chi connectivity index (χ4v) is 3.02. The van der Waals surface area contributed by atoms with Crippen molar-refractivity contribution in [3.63, 3.8) is 0 Å². The zero-order chi connectivity index (χ0) is 23.2. The number of aromatic nitrogens is 2. The number of nitrogens with one attached hydrogen (secondary N) is 2. The zero-order valence-electron chi connectivity index (χ0n) is 18.7. The van der Waals surface area contributed by atoms with E-state index in [1.54, 1.807) is 17.8 Å². The number of fused-ring (bicyclic) bond motifs is 1. The van der Waals surface area contributed by atoms with E-state index in [1.807, 2.05) is 44.3 Å². The average Bonchev–Trinajstić information content (AvgIpc) is 3.30. The summed E-state index contributed by atoms with van der Waals surface area (Å²) in [5, 5.41) is 19.1. The topological polar surface area (TPSA) is 101 Å². The molecule has 0 bridgehead atoms. The van der Waals surface area contributed by atoms with Crippen LogP contribution in [0.1, 0.15) is 30.7 Å². The minimum Gasteiger partial charge on any atom is -0.395 e. The minimum absolute atomic E-state index is 0.0912. The smallest absolute Gasteiger partial charge is 0.267 e. The molecule has 1 amide bonds. The molecule has 32 heavy (non-hydrogen) atoms. The summed E-state index contributed by atoms with van der Waals surface area (Å²) in [6, 6.07) is 12.2. The van der Waals surface area contributed by atoms with Crippen molar-refractivity contribution in [3.05, 3.63) is 83.8 Å². The molecule has 170 valence electrons. The maximum Gasteiger partial charge on any atom is 0.267 e. The molecular formula is C25H32N4O3. The highest BCUT2D eigenvalue weighted by molar-refractivity contribution is 5.90. The molecule has 3 aromatic rings. The summed E-state index contributed by atoms with van der Waals surface area (Å²) >= 11 is 0. The monoisotopic (exact) mass is 436 g/mol. The Kier molecular flexibility index (Phi) is 10.9. The van der Waals surface area contributed by atoms with Crippen LogP contribution in [0.5, 0.6) is 0 Å². The number of carbonyl (C=O) groups excluding carboxylic acids is 1. The fourth-order valence-electron chi connectivity index (χ4n) is 3.02. The van der Waals surface area contributed by atoms with E-state index < -0.39 is 5.91 Å². The van der Waals surface area contributed by atoms with E-state index in [1.165, 1.54) is 17.0 Å². The van der Waals surface area contributed by atoms with Gasteiger partial charge in [0.05, 0.1) is 12.3 Å². The minimum atomic E-state index is -0.587. The number of H-pyrrole nitrogens is 1. The Morgan fingerprint density at radius 3 is 2.62 bits per heavy atom. The van der Waals surface area contributed by atoms with Crippen LogP contribution < -0.4 is 5.48 Å². The van der Waals surface area contributed by atoms with Gasteiger partial charge in [0.2, 0.25) is 0 Å². The molecule has 2 aromatic heterocycles. The Morgan fingerprint density at radius 1 is 1.16 bits per heavy atom. The number of hydrogen-bond donors (Lipinski definition) is 4. The van der Waals surface area contributed by atoms with Crippen LogP contribution >= 0.6 is 0 Å². The lowest BCUT2D eigenvalue weighted by Gasteiger charge is -2.21. The molecule has 7 nitrogen and oxygen atoms in total. The molecule has 0 aliphatic carbocycles. The van der Waals surface area contributed by atoms with Gasteiger partial charge < -0.3 is 10.1 Å². The Morgan fingerprint density at radius 2 is 1.97 bits per heavy atom. The SMILES string of the molecule is C/C=C\C.O=C(/C=C/c1ccc(CN(CCO)CCc2ccc3[nH]ccc3c2)nc1)NO. The predicted molar refractivity (Wildman–Crippen MR) is 128 cm³/mol. The quantitative estimate of drug-likeness (QED) is 0.177. The van der Waals surface area contributed by atoms with Gasteiger partial charge in [-0.15, -0.1) is 0 Å². The summed E-state index contributed by atoms with van der Waals surface area (Å²) in [4.78, 5) is 20.8. The highest BCUT2D eigenvalue weighted by Crippen LogP contribution is 2.15. The molecule has 3 rings (SSSR count). The summed E-state index contributed by atoms with van der Waals surface area (Å²) < 4.78 is 0. The van der Waals surface area contributed by atoms with Gasteiger partial charge in [-0.3, -0.25) is 19.9 Å². The molecule has 0 saturated carbocycles. The van der Waals surface area contributed by atoms with E-state index in [4.69, 9.17) is 5.21 Å². The summed E-state index contributed by atoms with van der Waals surface area (Å²) in [7, 11) is 0. The maximum atomic E-state index is 11.0. The Balaban J connectivity index is 0.000000837. The number of carbonyl (C=O) groups is 1. The highest BCUT2D eigenvalue weighted by Gasteiger charge is 2.08. The molecule has 7 heteroatoms. The molecule has 0 spiro atoms. The number of aliphatic hydroxyl groups excluding tert-OH is 1. The van der Waals surface area contributed by atoms with Crippen LogP contribution in [0.3, 0.4) is 0 Å². The molecule has 2 heterocycles. The van der Waals surface area contributed by atoms with E-state index >= 15 is 0 Å². The lowest BCUT2D eigenvalue weighted by Crippen LogP contribution is -2.29. The fraction of sp³-hybridized carbons (Fsp3) is 0.280. The number of nitrogens with zero attached hydrogens (tertiary/aromatic N) is 2.